The second-order valence-electron chi connectivity index (χ2n) is 18.0. The first-order chi connectivity index (χ1) is 27.3. The molecule has 1 aliphatic rings. The van der Waals surface area contributed by atoms with Crippen LogP contribution in [0.4, 0.5) is 34.1 Å². The van der Waals surface area contributed by atoms with Crippen molar-refractivity contribution >= 4 is 72.8 Å². The predicted molar refractivity (Wildman–Crippen MR) is 255 cm³/mol. The minimum Gasteiger partial charge on any atom is -0.311 e. The topological polar surface area (TPSA) is 6.48 Å². The van der Waals surface area contributed by atoms with Crippen molar-refractivity contribution in [1.29, 1.82) is 0 Å². The average Bonchev–Trinajstić information content (AvgIpc) is 3.43. The summed E-state index contributed by atoms with van der Waals surface area (Å²) in [6.07, 6.45) is 4.49. The van der Waals surface area contributed by atoms with Crippen molar-refractivity contribution in [2.75, 3.05) is 9.80 Å². The molecule has 7 aromatic carbocycles. The van der Waals surface area contributed by atoms with Crippen molar-refractivity contribution in [3.05, 3.63) is 192 Å². The third-order valence-electron chi connectivity index (χ3n) is 11.6. The number of benzene rings is 7. The van der Waals surface area contributed by atoms with Crippen LogP contribution in [0.1, 0.15) is 36.1 Å². The van der Waals surface area contributed by atoms with E-state index in [4.69, 9.17) is 0 Å². The van der Waals surface area contributed by atoms with Gasteiger partial charge in [-0.25, -0.2) is 0 Å². The Kier molecular flexibility index (Phi) is 10.1. The summed E-state index contributed by atoms with van der Waals surface area (Å²) in [5, 5.41) is 2.94. The molecule has 0 saturated heterocycles. The summed E-state index contributed by atoms with van der Waals surface area (Å²) >= 11 is 0. The minimum absolute atomic E-state index is 0.148. The van der Waals surface area contributed by atoms with E-state index in [1.807, 2.05) is 0 Å². The number of para-hydroxylation sites is 2. The van der Waals surface area contributed by atoms with Crippen molar-refractivity contribution in [2.24, 2.45) is 0 Å². The lowest BCUT2D eigenvalue weighted by atomic mass is 9.81. The van der Waals surface area contributed by atoms with Crippen molar-refractivity contribution in [3.63, 3.8) is 0 Å². The van der Waals surface area contributed by atoms with E-state index in [0.29, 0.717) is 0 Å². The highest BCUT2D eigenvalue weighted by Crippen LogP contribution is 2.51. The molecule has 0 radical (unpaired) electrons. The van der Waals surface area contributed by atoms with Gasteiger partial charge in [0.15, 0.2) is 0 Å². The SMILES string of the molecule is CC1(C)c2cc(C=Cc3ccc(N(c4ccccc4)c4ccc([Si](C)(C)C)cc4)cc3)ccc2-c2ccc(N(c3ccccc3)c3ccc([Si](C)(C)C)cc3)cc21. The molecular formula is C53H54N2Si2. The molecule has 0 aromatic heterocycles. The molecule has 0 aliphatic heterocycles. The van der Waals surface area contributed by atoms with Gasteiger partial charge in [0.25, 0.3) is 0 Å². The molecule has 0 atom stereocenters. The molecule has 7 aromatic rings. The van der Waals surface area contributed by atoms with E-state index >= 15 is 0 Å². The molecule has 284 valence electrons. The normalized spacial score (nSPS) is 13.3. The van der Waals surface area contributed by atoms with Crippen LogP contribution in [0, 0.1) is 0 Å². The molecule has 4 heteroatoms. The molecule has 2 nitrogen and oxygen atoms in total. The highest BCUT2D eigenvalue weighted by Gasteiger charge is 2.36. The van der Waals surface area contributed by atoms with E-state index in [-0.39, 0.29) is 5.41 Å². The van der Waals surface area contributed by atoms with Gasteiger partial charge >= 0.3 is 0 Å². The van der Waals surface area contributed by atoms with Gasteiger partial charge in [0.05, 0.1) is 16.1 Å². The van der Waals surface area contributed by atoms with Gasteiger partial charge in [0, 0.05) is 39.5 Å². The largest absolute Gasteiger partial charge is 0.311 e. The van der Waals surface area contributed by atoms with E-state index in [2.05, 4.69) is 245 Å². The standard InChI is InChI=1S/C53H54N2Si2/c1-53(2)51-37-40(20-19-39-21-24-43(25-22-39)54(41-15-11-9-12-16-41)44-26-31-47(32-27-44)56(3,4)5)23-35-49(51)50-36-30-46(38-52(50)53)55(42-17-13-10-14-18-42)45-28-33-48(34-29-45)57(6,7)8/h9-38H,1-8H3. The summed E-state index contributed by atoms with van der Waals surface area (Å²) in [4.78, 5) is 4.74. The van der Waals surface area contributed by atoms with E-state index in [9.17, 15) is 0 Å². The zero-order valence-corrected chi connectivity index (χ0v) is 36.7. The Hall–Kier alpha value is -5.69. The molecule has 57 heavy (non-hydrogen) atoms. The molecule has 0 heterocycles. The van der Waals surface area contributed by atoms with Crippen LogP contribution in [0.5, 0.6) is 0 Å². The third-order valence-corrected chi connectivity index (χ3v) is 15.7. The van der Waals surface area contributed by atoms with Gasteiger partial charge in [-0.15, -0.1) is 0 Å². The molecule has 0 unspecified atom stereocenters. The predicted octanol–water partition coefficient (Wildman–Crippen LogP) is 14.2. The molecule has 8 rings (SSSR count). The Morgan fingerprint density at radius 3 is 1.19 bits per heavy atom. The van der Waals surface area contributed by atoms with Gasteiger partial charge in [-0.1, -0.05) is 173 Å². The van der Waals surface area contributed by atoms with Gasteiger partial charge in [-0.3, -0.25) is 0 Å². The first-order valence-corrected chi connectivity index (χ1v) is 27.3. The fraction of sp³-hybridized carbons (Fsp3) is 0.170. The molecular weight excluding hydrogens is 721 g/mol. The third kappa shape index (κ3) is 7.72. The monoisotopic (exact) mass is 774 g/mol. The Morgan fingerprint density at radius 1 is 0.368 bits per heavy atom. The fourth-order valence-electron chi connectivity index (χ4n) is 8.18. The van der Waals surface area contributed by atoms with Crippen LogP contribution < -0.4 is 20.2 Å². The van der Waals surface area contributed by atoms with E-state index in [1.54, 1.807) is 0 Å². The van der Waals surface area contributed by atoms with Gasteiger partial charge in [0.1, 0.15) is 0 Å². The first kappa shape index (κ1) is 38.2. The zero-order valence-electron chi connectivity index (χ0n) is 34.7. The molecule has 0 bridgehead atoms. The van der Waals surface area contributed by atoms with Crippen LogP contribution in [-0.2, 0) is 5.41 Å². The maximum atomic E-state index is 2.42. The number of hydrogen-bond donors (Lipinski definition) is 0. The highest BCUT2D eigenvalue weighted by molar-refractivity contribution is 6.89. The average molecular weight is 775 g/mol. The lowest BCUT2D eigenvalue weighted by molar-refractivity contribution is 0.660. The van der Waals surface area contributed by atoms with Gasteiger partial charge in [-0.05, 0) is 106 Å². The van der Waals surface area contributed by atoms with Crippen LogP contribution in [0.3, 0.4) is 0 Å². The Bertz CT molecular complexity index is 2520. The molecule has 0 amide bonds. The summed E-state index contributed by atoms with van der Waals surface area (Å²) in [7, 11) is -2.80. The molecule has 0 fully saturated rings. The number of anilines is 6. The summed E-state index contributed by atoms with van der Waals surface area (Å²) in [6, 6.07) is 62.8. The summed E-state index contributed by atoms with van der Waals surface area (Å²) in [5.74, 6) is 0. The molecule has 0 saturated carbocycles. The second-order valence-corrected chi connectivity index (χ2v) is 28.2. The van der Waals surface area contributed by atoms with Gasteiger partial charge in [0.2, 0.25) is 0 Å². The van der Waals surface area contributed by atoms with Crippen LogP contribution in [0.15, 0.2) is 170 Å². The second kappa shape index (κ2) is 15.0. The first-order valence-electron chi connectivity index (χ1n) is 20.3. The van der Waals surface area contributed by atoms with Gasteiger partial charge in [-0.2, -0.15) is 0 Å². The van der Waals surface area contributed by atoms with Crippen LogP contribution in [0.25, 0.3) is 23.3 Å². The molecule has 0 N–H and O–H groups in total. The zero-order chi connectivity index (χ0) is 40.0. The molecule has 1 aliphatic carbocycles. The Labute approximate surface area is 342 Å². The number of fused-ring (bicyclic) bond motifs is 3. The van der Waals surface area contributed by atoms with Crippen LogP contribution in [0.2, 0.25) is 39.3 Å². The Morgan fingerprint density at radius 2 is 0.719 bits per heavy atom. The summed E-state index contributed by atoms with van der Waals surface area (Å²) in [6.45, 7) is 19.2. The number of nitrogens with zero attached hydrogens (tertiary/aromatic N) is 2. The quantitative estimate of drug-likeness (QED) is 0.101. The van der Waals surface area contributed by atoms with Crippen molar-refractivity contribution in [3.8, 4) is 11.1 Å². The highest BCUT2D eigenvalue weighted by atomic mass is 28.3. The molecule has 0 spiro atoms. The van der Waals surface area contributed by atoms with Crippen molar-refractivity contribution in [2.45, 2.75) is 58.5 Å². The van der Waals surface area contributed by atoms with Gasteiger partial charge < -0.3 is 9.80 Å². The van der Waals surface area contributed by atoms with Crippen LogP contribution in [-0.4, -0.2) is 16.1 Å². The lowest BCUT2D eigenvalue weighted by Gasteiger charge is -2.28. The maximum Gasteiger partial charge on any atom is 0.0775 e. The van der Waals surface area contributed by atoms with E-state index < -0.39 is 16.1 Å². The fourth-order valence-corrected chi connectivity index (χ4v) is 10.5. The lowest BCUT2D eigenvalue weighted by Crippen LogP contribution is -2.37. The summed E-state index contributed by atoms with van der Waals surface area (Å²) in [5.41, 5.74) is 14.6. The van der Waals surface area contributed by atoms with E-state index in [1.165, 1.54) is 60.8 Å². The maximum absolute atomic E-state index is 2.42. The minimum atomic E-state index is -1.41. The number of rotatable bonds is 10. The van der Waals surface area contributed by atoms with Crippen molar-refractivity contribution < 1.29 is 0 Å². The van der Waals surface area contributed by atoms with E-state index in [0.717, 1.165) is 17.1 Å². The van der Waals surface area contributed by atoms with Crippen molar-refractivity contribution in [1.82, 2.24) is 0 Å². The number of hydrogen-bond acceptors (Lipinski definition) is 2. The Balaban J connectivity index is 1.06. The summed E-state index contributed by atoms with van der Waals surface area (Å²) < 4.78 is 0. The van der Waals surface area contributed by atoms with Crippen LogP contribution >= 0.6 is 0 Å². The smallest absolute Gasteiger partial charge is 0.0775 e.